The number of nitrogens with one attached hydrogen (secondary N) is 1. The fraction of sp³-hybridized carbons (Fsp3) is 0.375. The average molecular weight is 301 g/mol. The number of carbonyl (C=O) groups is 1. The van der Waals surface area contributed by atoms with Gasteiger partial charge in [0.05, 0.1) is 11.7 Å². The van der Waals surface area contributed by atoms with Gasteiger partial charge in [-0.15, -0.1) is 5.10 Å². The summed E-state index contributed by atoms with van der Waals surface area (Å²) in [6.07, 6.45) is 0. The van der Waals surface area contributed by atoms with Gasteiger partial charge in [-0.1, -0.05) is 36.9 Å². The molecule has 6 heteroatoms. The lowest BCUT2D eigenvalue weighted by atomic mass is 10.1. The maximum atomic E-state index is 11.8. The van der Waals surface area contributed by atoms with Gasteiger partial charge < -0.3 is 10.2 Å². The van der Waals surface area contributed by atoms with Gasteiger partial charge in [0.1, 0.15) is 0 Å². The van der Waals surface area contributed by atoms with Crippen LogP contribution in [0.5, 0.6) is 0 Å². The minimum absolute atomic E-state index is 0.192. The van der Waals surface area contributed by atoms with E-state index in [9.17, 15) is 4.79 Å². The minimum Gasteiger partial charge on any atom is -0.365 e. The van der Waals surface area contributed by atoms with Crippen LogP contribution in [0.3, 0.4) is 0 Å². The molecule has 0 saturated carbocycles. The van der Waals surface area contributed by atoms with Crippen LogP contribution in [0.4, 0.5) is 4.79 Å². The van der Waals surface area contributed by atoms with Crippen LogP contribution >= 0.6 is 0 Å². The van der Waals surface area contributed by atoms with Gasteiger partial charge in [0.15, 0.2) is 5.84 Å². The highest BCUT2D eigenvalue weighted by Crippen LogP contribution is 2.18. The standard InChI is InChI=1S/C16H23N5O/c1-12-15(18-21(5)16(22)20(12)4)17-11-14(19(2)3)13-9-7-6-8-10-13/h6-10,14H,1,11H2,2-5H3,(H,17,18). The van der Waals surface area contributed by atoms with Crippen molar-refractivity contribution in [3.63, 3.8) is 0 Å². The van der Waals surface area contributed by atoms with E-state index < -0.39 is 0 Å². The summed E-state index contributed by atoms with van der Waals surface area (Å²) < 4.78 is 0. The molecule has 0 radical (unpaired) electrons. The first kappa shape index (κ1) is 16.0. The van der Waals surface area contributed by atoms with Crippen molar-refractivity contribution in [3.05, 3.63) is 48.2 Å². The molecule has 1 N–H and O–H groups in total. The number of hydrogen-bond acceptors (Lipinski definition) is 4. The van der Waals surface area contributed by atoms with Crippen LogP contribution in [0.2, 0.25) is 0 Å². The monoisotopic (exact) mass is 301 g/mol. The van der Waals surface area contributed by atoms with Crippen LogP contribution in [-0.4, -0.2) is 61.4 Å². The molecule has 6 nitrogen and oxygen atoms in total. The first-order valence-corrected chi connectivity index (χ1v) is 7.16. The Balaban J connectivity index is 2.12. The molecule has 1 aromatic carbocycles. The summed E-state index contributed by atoms with van der Waals surface area (Å²) in [6, 6.07) is 10.3. The van der Waals surface area contributed by atoms with Gasteiger partial charge >= 0.3 is 6.03 Å². The van der Waals surface area contributed by atoms with E-state index in [1.165, 1.54) is 15.5 Å². The Morgan fingerprint density at radius 1 is 1.27 bits per heavy atom. The second-order valence-electron chi connectivity index (χ2n) is 5.53. The molecule has 0 spiro atoms. The molecule has 1 atom stereocenters. The van der Waals surface area contributed by atoms with Crippen LogP contribution in [0.1, 0.15) is 11.6 Å². The highest BCUT2D eigenvalue weighted by molar-refractivity contribution is 6.03. The van der Waals surface area contributed by atoms with Crippen molar-refractivity contribution < 1.29 is 4.79 Å². The lowest BCUT2D eigenvalue weighted by molar-refractivity contribution is 0.182. The fourth-order valence-electron chi connectivity index (χ4n) is 2.35. The number of nitrogens with zero attached hydrogens (tertiary/aromatic N) is 4. The van der Waals surface area contributed by atoms with Gasteiger partial charge in [0, 0.05) is 20.6 Å². The zero-order valence-electron chi connectivity index (χ0n) is 13.6. The third kappa shape index (κ3) is 3.28. The van der Waals surface area contributed by atoms with Gasteiger partial charge in [-0.05, 0) is 19.7 Å². The number of rotatable bonds is 4. The number of amides is 2. The fourth-order valence-corrected chi connectivity index (χ4v) is 2.35. The van der Waals surface area contributed by atoms with Crippen molar-refractivity contribution in [1.82, 2.24) is 20.1 Å². The van der Waals surface area contributed by atoms with Gasteiger partial charge in [-0.3, -0.25) is 4.90 Å². The SMILES string of the molecule is C=C1C(NCC(c2ccccc2)N(C)C)=NN(C)C(=O)N1C. The summed E-state index contributed by atoms with van der Waals surface area (Å²) in [4.78, 5) is 15.4. The Kier molecular flexibility index (Phi) is 4.82. The van der Waals surface area contributed by atoms with E-state index in [4.69, 9.17) is 0 Å². The Bertz CT molecular complexity index is 581. The zero-order chi connectivity index (χ0) is 16.3. The Morgan fingerprint density at radius 3 is 2.50 bits per heavy atom. The van der Waals surface area contributed by atoms with Crippen molar-refractivity contribution in [2.75, 3.05) is 34.7 Å². The summed E-state index contributed by atoms with van der Waals surface area (Å²) in [5, 5.41) is 8.86. The van der Waals surface area contributed by atoms with Crippen LogP contribution in [-0.2, 0) is 0 Å². The third-order valence-electron chi connectivity index (χ3n) is 3.76. The summed E-state index contributed by atoms with van der Waals surface area (Å²) in [5.74, 6) is 0.618. The molecule has 1 aliphatic rings. The van der Waals surface area contributed by atoms with E-state index in [1.807, 2.05) is 32.3 Å². The topological polar surface area (TPSA) is 51.2 Å². The molecule has 0 saturated heterocycles. The lowest BCUT2D eigenvalue weighted by Gasteiger charge is -2.32. The van der Waals surface area contributed by atoms with Crippen LogP contribution in [0, 0.1) is 0 Å². The Labute approximate surface area is 131 Å². The van der Waals surface area contributed by atoms with Crippen molar-refractivity contribution in [2.24, 2.45) is 5.10 Å². The third-order valence-corrected chi connectivity index (χ3v) is 3.76. The predicted molar refractivity (Wildman–Crippen MR) is 88.4 cm³/mol. The molecular weight excluding hydrogens is 278 g/mol. The van der Waals surface area contributed by atoms with E-state index in [-0.39, 0.29) is 12.1 Å². The number of hydrogen-bond donors (Lipinski definition) is 1. The molecular formula is C16H23N5O. The van der Waals surface area contributed by atoms with Crippen molar-refractivity contribution in [2.45, 2.75) is 6.04 Å². The maximum absolute atomic E-state index is 11.8. The predicted octanol–water partition coefficient (Wildman–Crippen LogP) is 1.70. The Hall–Kier alpha value is -2.34. The largest absolute Gasteiger partial charge is 0.365 e. The number of urea groups is 1. The number of benzene rings is 1. The van der Waals surface area contributed by atoms with E-state index >= 15 is 0 Å². The normalized spacial score (nSPS) is 16.9. The summed E-state index contributed by atoms with van der Waals surface area (Å²) in [5.41, 5.74) is 1.80. The van der Waals surface area contributed by atoms with Crippen LogP contribution in [0.15, 0.2) is 47.7 Å². The minimum atomic E-state index is -0.192. The molecule has 0 aliphatic carbocycles. The van der Waals surface area contributed by atoms with Crippen molar-refractivity contribution in [1.29, 1.82) is 0 Å². The molecule has 0 bridgehead atoms. The van der Waals surface area contributed by atoms with E-state index in [0.717, 1.165) is 0 Å². The second kappa shape index (κ2) is 6.62. The zero-order valence-corrected chi connectivity index (χ0v) is 13.6. The van der Waals surface area contributed by atoms with Crippen molar-refractivity contribution >= 4 is 11.9 Å². The average Bonchev–Trinajstić information content (AvgIpc) is 2.51. The first-order valence-electron chi connectivity index (χ1n) is 7.16. The van der Waals surface area contributed by atoms with Gasteiger partial charge in [-0.25, -0.2) is 9.80 Å². The smallest absolute Gasteiger partial charge is 0.344 e. The van der Waals surface area contributed by atoms with Crippen LogP contribution < -0.4 is 5.32 Å². The molecule has 1 aliphatic heterocycles. The van der Waals surface area contributed by atoms with E-state index in [1.54, 1.807) is 14.1 Å². The number of hydrazone groups is 1. The molecule has 22 heavy (non-hydrogen) atoms. The quantitative estimate of drug-likeness (QED) is 0.921. The summed E-state index contributed by atoms with van der Waals surface area (Å²) >= 11 is 0. The molecule has 0 aromatic heterocycles. The van der Waals surface area contributed by atoms with Gasteiger partial charge in [0.2, 0.25) is 0 Å². The van der Waals surface area contributed by atoms with Crippen LogP contribution in [0.25, 0.3) is 0 Å². The number of carbonyl (C=O) groups excluding carboxylic acids is 1. The molecule has 2 rings (SSSR count). The molecule has 1 heterocycles. The number of likely N-dealkylation sites (N-methyl/N-ethyl adjacent to an activating group) is 2. The Morgan fingerprint density at radius 2 is 1.91 bits per heavy atom. The van der Waals surface area contributed by atoms with Gasteiger partial charge in [0.25, 0.3) is 0 Å². The molecule has 118 valence electrons. The summed E-state index contributed by atoms with van der Waals surface area (Å²) in [6.45, 7) is 4.60. The summed E-state index contributed by atoms with van der Waals surface area (Å²) in [7, 11) is 7.41. The molecule has 1 unspecified atom stereocenters. The molecule has 1 aromatic rings. The second-order valence-corrected chi connectivity index (χ2v) is 5.53. The number of amidine groups is 1. The highest BCUT2D eigenvalue weighted by Gasteiger charge is 2.26. The maximum Gasteiger partial charge on any atom is 0.344 e. The van der Waals surface area contributed by atoms with Crippen molar-refractivity contribution in [3.8, 4) is 0 Å². The van der Waals surface area contributed by atoms with E-state index in [0.29, 0.717) is 18.1 Å². The lowest BCUT2D eigenvalue weighted by Crippen LogP contribution is -2.47. The highest BCUT2D eigenvalue weighted by atomic mass is 16.2. The molecule has 0 fully saturated rings. The first-order chi connectivity index (χ1) is 10.4. The van der Waals surface area contributed by atoms with E-state index in [2.05, 4.69) is 34.0 Å². The van der Waals surface area contributed by atoms with Gasteiger partial charge in [-0.2, -0.15) is 0 Å². The molecule has 2 amide bonds.